The zero-order valence-electron chi connectivity index (χ0n) is 26.4. The molecule has 0 fully saturated rings. The van der Waals surface area contributed by atoms with E-state index in [0.717, 1.165) is 60.5 Å². The first-order valence-electron chi connectivity index (χ1n) is 16.1. The number of fused-ring (bicyclic) bond motifs is 5. The Bertz CT molecular complexity index is 2710. The van der Waals surface area contributed by atoms with Crippen molar-refractivity contribution in [3.8, 4) is 73.3 Å². The van der Waals surface area contributed by atoms with Crippen molar-refractivity contribution in [3.63, 3.8) is 0 Å². The second-order valence-corrected chi connectivity index (χ2v) is 12.4. The fraction of sp³-hybridized carbons (Fsp3) is 0. The molecule has 50 heavy (non-hydrogen) atoms. The molecule has 1 heterocycles. The summed E-state index contributed by atoms with van der Waals surface area (Å²) >= 11 is 0. The van der Waals surface area contributed by atoms with Gasteiger partial charge in [-0.05, 0) is 79.2 Å². The van der Waals surface area contributed by atoms with Gasteiger partial charge in [0.05, 0.1) is 5.56 Å². The van der Waals surface area contributed by atoms with Crippen molar-refractivity contribution in [3.05, 3.63) is 140 Å². The van der Waals surface area contributed by atoms with E-state index in [1.54, 1.807) is 0 Å². The lowest BCUT2D eigenvalue weighted by atomic mass is 9.85. The Kier molecular flexibility index (Phi) is 6.48. The molecule has 0 atom stereocenters. The smallest absolute Gasteiger partial charge is 0.208 e. The fourth-order valence-corrected chi connectivity index (χ4v) is 7.23. The molecule has 8 aromatic carbocycles. The lowest BCUT2D eigenvalue weighted by Gasteiger charge is -2.20. The molecule has 0 aliphatic carbocycles. The van der Waals surface area contributed by atoms with Gasteiger partial charge in [-0.25, -0.2) is 0 Å². The predicted molar refractivity (Wildman–Crippen MR) is 199 cm³/mol. The van der Waals surface area contributed by atoms with Crippen molar-refractivity contribution >= 4 is 43.5 Å². The number of aromatic hydroxyl groups is 5. The molecular formula is C44H28O6. The van der Waals surface area contributed by atoms with Crippen LogP contribution < -0.4 is 0 Å². The van der Waals surface area contributed by atoms with Crippen LogP contribution in [0.2, 0.25) is 0 Å². The van der Waals surface area contributed by atoms with E-state index in [1.807, 2.05) is 84.9 Å². The minimum absolute atomic E-state index is 0.183. The Morgan fingerprint density at radius 3 is 1.20 bits per heavy atom. The highest BCUT2D eigenvalue weighted by Crippen LogP contribution is 2.57. The van der Waals surface area contributed by atoms with E-state index in [1.165, 1.54) is 5.56 Å². The number of hydrogen-bond acceptors (Lipinski definition) is 6. The van der Waals surface area contributed by atoms with Crippen LogP contribution in [0.15, 0.2) is 144 Å². The maximum atomic E-state index is 11.0. The number of rotatable bonds is 4. The summed E-state index contributed by atoms with van der Waals surface area (Å²) in [6.07, 6.45) is 0. The summed E-state index contributed by atoms with van der Waals surface area (Å²) in [6.45, 7) is 0. The summed E-state index contributed by atoms with van der Waals surface area (Å²) in [6, 6.07) is 46.4. The highest BCUT2D eigenvalue weighted by molar-refractivity contribution is 6.23. The summed E-state index contributed by atoms with van der Waals surface area (Å²) in [5.41, 5.74) is 8.12. The van der Waals surface area contributed by atoms with Gasteiger partial charge >= 0.3 is 0 Å². The summed E-state index contributed by atoms with van der Waals surface area (Å²) < 4.78 is 6.30. The Morgan fingerprint density at radius 2 is 0.660 bits per heavy atom. The van der Waals surface area contributed by atoms with Crippen molar-refractivity contribution in [2.45, 2.75) is 0 Å². The molecule has 0 radical (unpaired) electrons. The van der Waals surface area contributed by atoms with E-state index >= 15 is 0 Å². The van der Waals surface area contributed by atoms with Gasteiger partial charge in [-0.3, -0.25) is 0 Å². The molecule has 9 rings (SSSR count). The van der Waals surface area contributed by atoms with Crippen molar-refractivity contribution in [1.29, 1.82) is 0 Å². The van der Waals surface area contributed by atoms with Gasteiger partial charge in [0, 0.05) is 16.3 Å². The second kappa shape index (κ2) is 11.1. The highest BCUT2D eigenvalue weighted by atomic mass is 16.4. The molecular weight excluding hydrogens is 624 g/mol. The van der Waals surface area contributed by atoms with Crippen LogP contribution in [0.4, 0.5) is 0 Å². The molecule has 0 aliphatic heterocycles. The molecule has 0 amide bonds. The molecule has 0 unspecified atom stereocenters. The van der Waals surface area contributed by atoms with Crippen molar-refractivity contribution in [2.75, 3.05) is 0 Å². The highest BCUT2D eigenvalue weighted by Gasteiger charge is 2.28. The second-order valence-electron chi connectivity index (χ2n) is 12.4. The molecule has 9 aromatic rings. The maximum Gasteiger partial charge on any atom is 0.208 e. The van der Waals surface area contributed by atoms with Gasteiger partial charge < -0.3 is 29.9 Å². The summed E-state index contributed by atoms with van der Waals surface area (Å²) in [5.74, 6) is -4.31. The minimum Gasteiger partial charge on any atom is -0.504 e. The summed E-state index contributed by atoms with van der Waals surface area (Å²) in [4.78, 5) is 0. The molecule has 240 valence electrons. The SMILES string of the molecule is Oc1c(O)c(O)c(-c2c3ccccc3c(-c3ccc4oc5ccc(-c6ccc(-c7ccccc7)cc6)cc5c4c3)c3ccccc23)c(O)c1O. The third kappa shape index (κ3) is 4.36. The molecule has 6 nitrogen and oxygen atoms in total. The lowest BCUT2D eigenvalue weighted by molar-refractivity contribution is 0.330. The molecule has 5 N–H and O–H groups in total. The molecule has 6 heteroatoms. The number of phenols is 5. The molecule has 0 aliphatic rings. The standard InChI is InChI=1S/C44H28O6/c45-40-39(41(46)43(48)44(49)42(40)47)38-31-12-6-4-10-29(31)37(30-11-5-7-13-32(30)38)28-19-21-36-34(23-28)33-22-27(18-20-35(33)50-36)26-16-14-25(15-17-26)24-8-2-1-3-9-24/h1-23,45-49H. The predicted octanol–water partition coefficient (Wildman–Crippen LogP) is 11.1. The quantitative estimate of drug-likeness (QED) is 0.0734. The summed E-state index contributed by atoms with van der Waals surface area (Å²) in [5, 5.41) is 58.0. The number of benzene rings is 8. The molecule has 0 saturated carbocycles. The Morgan fingerprint density at radius 1 is 0.280 bits per heavy atom. The van der Waals surface area contributed by atoms with Crippen LogP contribution >= 0.6 is 0 Å². The fourth-order valence-electron chi connectivity index (χ4n) is 7.23. The first kappa shape index (κ1) is 29.2. The molecule has 0 spiro atoms. The van der Waals surface area contributed by atoms with Gasteiger partial charge in [-0.1, -0.05) is 115 Å². The topological polar surface area (TPSA) is 114 Å². The van der Waals surface area contributed by atoms with Crippen LogP contribution in [0.5, 0.6) is 28.7 Å². The number of furan rings is 1. The van der Waals surface area contributed by atoms with E-state index in [0.29, 0.717) is 16.3 Å². The molecule has 1 aromatic heterocycles. The zero-order valence-corrected chi connectivity index (χ0v) is 26.4. The van der Waals surface area contributed by atoms with E-state index in [-0.39, 0.29) is 5.56 Å². The Hall–Kier alpha value is -6.92. The van der Waals surface area contributed by atoms with E-state index in [2.05, 4.69) is 54.6 Å². The van der Waals surface area contributed by atoms with Gasteiger partial charge in [0.2, 0.25) is 17.2 Å². The Labute approximate surface area is 285 Å². The van der Waals surface area contributed by atoms with Gasteiger partial charge in [-0.15, -0.1) is 0 Å². The average molecular weight is 653 g/mol. The monoisotopic (exact) mass is 652 g/mol. The molecule has 0 bridgehead atoms. The van der Waals surface area contributed by atoms with Crippen molar-refractivity contribution in [1.82, 2.24) is 0 Å². The third-order valence-corrected chi connectivity index (χ3v) is 9.64. The van der Waals surface area contributed by atoms with Crippen LogP contribution in [-0.4, -0.2) is 25.5 Å². The summed E-state index contributed by atoms with van der Waals surface area (Å²) in [7, 11) is 0. The van der Waals surface area contributed by atoms with Gasteiger partial charge in [0.1, 0.15) is 11.2 Å². The number of phenolic OH excluding ortho intramolecular Hbond substituents is 5. The van der Waals surface area contributed by atoms with Gasteiger partial charge in [0.25, 0.3) is 0 Å². The molecule has 0 saturated heterocycles. The normalized spacial score (nSPS) is 11.6. The van der Waals surface area contributed by atoms with E-state index in [4.69, 9.17) is 4.42 Å². The number of hydrogen-bond donors (Lipinski definition) is 5. The van der Waals surface area contributed by atoms with Gasteiger partial charge in [0.15, 0.2) is 11.5 Å². The Balaban J connectivity index is 1.25. The van der Waals surface area contributed by atoms with Crippen LogP contribution in [0.1, 0.15) is 0 Å². The van der Waals surface area contributed by atoms with Crippen LogP contribution in [0.3, 0.4) is 0 Å². The lowest BCUT2D eigenvalue weighted by Crippen LogP contribution is -1.92. The van der Waals surface area contributed by atoms with Crippen LogP contribution in [-0.2, 0) is 0 Å². The van der Waals surface area contributed by atoms with Crippen molar-refractivity contribution in [2.24, 2.45) is 0 Å². The van der Waals surface area contributed by atoms with E-state index < -0.39 is 28.7 Å². The zero-order chi connectivity index (χ0) is 34.1. The van der Waals surface area contributed by atoms with Crippen LogP contribution in [0, 0.1) is 0 Å². The first-order chi connectivity index (χ1) is 24.4. The maximum absolute atomic E-state index is 11.0. The average Bonchev–Trinajstić information content (AvgIpc) is 3.54. The van der Waals surface area contributed by atoms with Crippen molar-refractivity contribution < 1.29 is 29.9 Å². The van der Waals surface area contributed by atoms with Crippen LogP contribution in [0.25, 0.3) is 88.0 Å². The van der Waals surface area contributed by atoms with E-state index in [9.17, 15) is 25.5 Å². The third-order valence-electron chi connectivity index (χ3n) is 9.64. The largest absolute Gasteiger partial charge is 0.504 e. The first-order valence-corrected chi connectivity index (χ1v) is 16.1. The van der Waals surface area contributed by atoms with Gasteiger partial charge in [-0.2, -0.15) is 0 Å². The minimum atomic E-state index is -0.998.